The summed E-state index contributed by atoms with van der Waals surface area (Å²) in [5, 5.41) is 30.6. The Kier molecular flexibility index (Phi) is 22.5. The molecule has 2 aromatic carbocycles. The van der Waals surface area contributed by atoms with Gasteiger partial charge in [-0.15, -0.1) is 21.5 Å². The van der Waals surface area contributed by atoms with E-state index in [1.54, 1.807) is 50.2 Å². The summed E-state index contributed by atoms with van der Waals surface area (Å²) in [7, 11) is 1.55. The fourth-order valence-corrected chi connectivity index (χ4v) is 9.17. The number of aromatic nitrogens is 8. The highest BCUT2D eigenvalue weighted by Crippen LogP contribution is 2.37. The third-order valence-corrected chi connectivity index (χ3v) is 13.4. The van der Waals surface area contributed by atoms with Gasteiger partial charge in [0.1, 0.15) is 23.2 Å². The standard InChI is InChI=1S/C51H59BrF3N13O10S/c1-5-78-51(72)43-41(60-47(50-57-10-23-79-50)61-44(43)37-8-6-33(53)24-38(37)52)28-56-26-35-29-67(64-62-35)11-13-73-15-17-75-19-21-77-22-20-76-18-16-74-14-12-68-30-36(63-65-68)27-58-49(71)46(69)42-31(2)45(66(4)32(42)3)48(70)59-34-7-9-39(54)40(55)25-34/h6-10,23-25,29-30,44,56H,5,11-22,26-28H2,1-4H3,(H,58,71)(H,59,70)(H,60,61). The van der Waals surface area contributed by atoms with Crippen LogP contribution in [0.4, 0.5) is 18.9 Å². The van der Waals surface area contributed by atoms with Gasteiger partial charge in [-0.3, -0.25) is 19.4 Å². The lowest BCUT2D eigenvalue weighted by Crippen LogP contribution is -2.38. The summed E-state index contributed by atoms with van der Waals surface area (Å²) >= 11 is 4.84. The van der Waals surface area contributed by atoms with E-state index in [0.29, 0.717) is 129 Å². The molecule has 0 saturated carbocycles. The van der Waals surface area contributed by atoms with Gasteiger partial charge in [0.15, 0.2) is 22.5 Å². The van der Waals surface area contributed by atoms with Crippen LogP contribution in [0.5, 0.6) is 0 Å². The van der Waals surface area contributed by atoms with Crippen LogP contribution in [0.15, 0.2) is 81.1 Å². The van der Waals surface area contributed by atoms with Gasteiger partial charge in [0, 0.05) is 65.5 Å². The van der Waals surface area contributed by atoms with Crippen LogP contribution in [0, 0.1) is 31.3 Å². The van der Waals surface area contributed by atoms with Crippen molar-refractivity contribution in [2.24, 2.45) is 12.0 Å². The molecule has 5 heterocycles. The van der Waals surface area contributed by atoms with E-state index in [0.717, 1.165) is 12.1 Å². The first-order chi connectivity index (χ1) is 38.2. The monoisotopic (exact) mass is 1180 g/mol. The fourth-order valence-electron chi connectivity index (χ4n) is 8.02. The molecule has 422 valence electrons. The third-order valence-electron chi connectivity index (χ3n) is 11.9. The smallest absolute Gasteiger partial charge is 0.338 e. The quantitative estimate of drug-likeness (QED) is 0.0193. The number of nitrogens with zero attached hydrogens (tertiary/aromatic N) is 9. The molecular formula is C51H59BrF3N13O10S. The summed E-state index contributed by atoms with van der Waals surface area (Å²) in [5.74, 6) is -5.12. The van der Waals surface area contributed by atoms with Crippen molar-refractivity contribution in [2.45, 2.75) is 53.0 Å². The first kappa shape index (κ1) is 59.6. The molecule has 1 atom stereocenters. The molecule has 0 aliphatic carbocycles. The first-order valence-electron chi connectivity index (χ1n) is 24.9. The number of Topliss-reactive ketones (excluding diaryl/α,β-unsaturated/α-hetero) is 1. The molecule has 79 heavy (non-hydrogen) atoms. The molecule has 4 aromatic heterocycles. The summed E-state index contributed by atoms with van der Waals surface area (Å²) in [4.78, 5) is 61.8. The fraction of sp³-hybridized carbons (Fsp3) is 0.412. The number of esters is 1. The Morgan fingerprint density at radius 1 is 0.785 bits per heavy atom. The Bertz CT molecular complexity index is 3110. The van der Waals surface area contributed by atoms with Crippen molar-refractivity contribution in [3.8, 4) is 0 Å². The highest BCUT2D eigenvalue weighted by atomic mass is 79.9. The SMILES string of the molecule is CCOC(=O)C1=C(CNCc2cn(CCOCCOCCOCCOCCOCCn3cc(CNC(=O)C(=O)c4c(C)c(C(=O)Nc5ccc(F)c(F)c5)n(C)c4C)nn3)nn2)NC(c2nccs2)=NC1c1ccc(F)cc1Br. The second kappa shape index (κ2) is 29.8. The zero-order chi connectivity index (χ0) is 56.3. The number of nitrogens with one attached hydrogen (secondary N) is 4. The van der Waals surface area contributed by atoms with E-state index in [1.807, 2.05) is 5.38 Å². The topological polar surface area (TPSA) is 263 Å². The predicted molar refractivity (Wildman–Crippen MR) is 284 cm³/mol. The molecule has 0 radical (unpaired) electrons. The number of ketones is 1. The zero-order valence-corrected chi connectivity index (χ0v) is 46.1. The lowest BCUT2D eigenvalue weighted by atomic mass is 9.95. The van der Waals surface area contributed by atoms with E-state index in [-0.39, 0.29) is 47.8 Å². The number of benzene rings is 2. The van der Waals surface area contributed by atoms with Gasteiger partial charge in [-0.05, 0) is 56.2 Å². The lowest BCUT2D eigenvalue weighted by Gasteiger charge is -2.27. The molecular weight excluding hydrogens is 1120 g/mol. The number of hydrogen-bond acceptors (Lipinski definition) is 19. The van der Waals surface area contributed by atoms with Crippen LogP contribution in [0.2, 0.25) is 0 Å². The van der Waals surface area contributed by atoms with Crippen LogP contribution in [0.1, 0.15) is 67.0 Å². The number of hydrogen-bond donors (Lipinski definition) is 4. The van der Waals surface area contributed by atoms with Gasteiger partial charge in [-0.1, -0.05) is 32.4 Å². The van der Waals surface area contributed by atoms with Gasteiger partial charge in [0.25, 0.3) is 17.6 Å². The molecule has 23 nitrogen and oxygen atoms in total. The lowest BCUT2D eigenvalue weighted by molar-refractivity contribution is -0.139. The van der Waals surface area contributed by atoms with E-state index >= 15 is 0 Å². The van der Waals surface area contributed by atoms with E-state index in [9.17, 15) is 32.3 Å². The molecule has 0 bridgehead atoms. The van der Waals surface area contributed by atoms with Crippen LogP contribution in [-0.4, -0.2) is 148 Å². The number of amides is 2. The second-order valence-corrected chi connectivity index (χ2v) is 19.1. The number of aliphatic imine (C=N–C) groups is 1. The number of ether oxygens (including phenoxy) is 6. The van der Waals surface area contributed by atoms with Crippen molar-refractivity contribution < 1.29 is 60.8 Å². The summed E-state index contributed by atoms with van der Waals surface area (Å²) in [5.41, 5.74) is 3.27. The van der Waals surface area contributed by atoms with Crippen molar-refractivity contribution >= 4 is 62.4 Å². The Balaban J connectivity index is 0.694. The van der Waals surface area contributed by atoms with Crippen LogP contribution in [-0.2, 0) is 71.2 Å². The third kappa shape index (κ3) is 16.7. The maximum absolute atomic E-state index is 14.1. The number of thiazole rings is 1. The maximum Gasteiger partial charge on any atom is 0.338 e. The Morgan fingerprint density at radius 3 is 1.99 bits per heavy atom. The van der Waals surface area contributed by atoms with Crippen molar-refractivity contribution in [3.05, 3.63) is 138 Å². The van der Waals surface area contributed by atoms with E-state index in [2.05, 4.69) is 62.8 Å². The second-order valence-electron chi connectivity index (χ2n) is 17.3. The van der Waals surface area contributed by atoms with Gasteiger partial charge in [-0.2, -0.15) is 0 Å². The molecule has 1 unspecified atom stereocenters. The maximum atomic E-state index is 14.1. The number of amidine groups is 1. The van der Waals surface area contributed by atoms with Crippen LogP contribution in [0.25, 0.3) is 0 Å². The number of anilines is 1. The number of carbonyl (C=O) groups excluding carboxylic acids is 4. The van der Waals surface area contributed by atoms with Crippen molar-refractivity contribution in [1.82, 2.24) is 55.5 Å². The minimum Gasteiger partial charge on any atom is -0.463 e. The Hall–Kier alpha value is -7.05. The van der Waals surface area contributed by atoms with Gasteiger partial charge in [-0.25, -0.2) is 32.3 Å². The summed E-state index contributed by atoms with van der Waals surface area (Å²) in [6, 6.07) is 6.39. The Labute approximate surface area is 464 Å². The van der Waals surface area contributed by atoms with E-state index < -0.39 is 47.1 Å². The van der Waals surface area contributed by atoms with Crippen molar-refractivity contribution in [3.63, 3.8) is 0 Å². The normalized spacial score (nSPS) is 13.4. The predicted octanol–water partition coefficient (Wildman–Crippen LogP) is 4.69. The van der Waals surface area contributed by atoms with Crippen molar-refractivity contribution in [2.75, 3.05) is 84.5 Å². The number of rotatable bonds is 32. The van der Waals surface area contributed by atoms with Gasteiger partial charge < -0.3 is 54.3 Å². The molecule has 1 aliphatic heterocycles. The Morgan fingerprint density at radius 2 is 1.41 bits per heavy atom. The molecule has 6 aromatic rings. The summed E-state index contributed by atoms with van der Waals surface area (Å²) in [6.45, 7) is 10.1. The van der Waals surface area contributed by atoms with E-state index in [4.69, 9.17) is 33.4 Å². The molecule has 0 spiro atoms. The molecule has 7 rings (SSSR count). The van der Waals surface area contributed by atoms with Gasteiger partial charge in [0.2, 0.25) is 0 Å². The van der Waals surface area contributed by atoms with Crippen molar-refractivity contribution in [1.29, 1.82) is 0 Å². The van der Waals surface area contributed by atoms with Gasteiger partial charge >= 0.3 is 5.97 Å². The first-order valence-corrected chi connectivity index (χ1v) is 26.6. The minimum absolute atomic E-state index is 0.0228. The average molecular weight is 1180 g/mol. The number of halogens is 4. The highest BCUT2D eigenvalue weighted by molar-refractivity contribution is 9.10. The van der Waals surface area contributed by atoms with Crippen LogP contribution < -0.4 is 21.3 Å². The largest absolute Gasteiger partial charge is 0.463 e. The zero-order valence-electron chi connectivity index (χ0n) is 43.7. The van der Waals surface area contributed by atoms with Crippen LogP contribution in [0.3, 0.4) is 0 Å². The molecule has 2 amide bonds. The highest BCUT2D eigenvalue weighted by Gasteiger charge is 2.34. The number of carbonyl (C=O) groups is 4. The average Bonchev–Trinajstić information content (AvgIpc) is 4.29. The van der Waals surface area contributed by atoms with Crippen LogP contribution >= 0.6 is 27.3 Å². The molecule has 0 saturated heterocycles. The molecule has 4 N–H and O–H groups in total. The summed E-state index contributed by atoms with van der Waals surface area (Å²) in [6.07, 6.45) is 5.09. The molecule has 1 aliphatic rings. The minimum atomic E-state index is -1.13. The van der Waals surface area contributed by atoms with Gasteiger partial charge in [0.05, 0.1) is 115 Å². The molecule has 0 fully saturated rings. The van der Waals surface area contributed by atoms with E-state index in [1.165, 1.54) is 45.7 Å². The summed E-state index contributed by atoms with van der Waals surface area (Å²) < 4.78 is 79.8. The molecule has 28 heteroatoms.